The van der Waals surface area contributed by atoms with Gasteiger partial charge in [0.05, 0.1) is 23.1 Å². The molecule has 0 amide bonds. The van der Waals surface area contributed by atoms with Crippen molar-refractivity contribution in [3.05, 3.63) is 52.5 Å². The van der Waals surface area contributed by atoms with Crippen molar-refractivity contribution in [3.63, 3.8) is 0 Å². The zero-order valence-corrected chi connectivity index (χ0v) is 10.7. The minimum Gasteiger partial charge on any atom is -0.478 e. The number of rotatable bonds is 3. The number of nitrogens with zero attached hydrogens (tertiary/aromatic N) is 3. The van der Waals surface area contributed by atoms with Gasteiger partial charge in [0.1, 0.15) is 5.82 Å². The van der Waals surface area contributed by atoms with E-state index >= 15 is 0 Å². The van der Waals surface area contributed by atoms with Gasteiger partial charge in [0.2, 0.25) is 0 Å². The lowest BCUT2D eigenvalue weighted by Crippen LogP contribution is -2.19. The molecule has 0 bridgehead atoms. The number of carboxylic acid groups (broad SMARTS) is 1. The van der Waals surface area contributed by atoms with Crippen LogP contribution in [0.1, 0.15) is 16.2 Å². The normalized spacial score (nSPS) is 11.1. The number of aryl methyl sites for hydroxylation is 1. The van der Waals surface area contributed by atoms with E-state index in [0.29, 0.717) is 16.9 Å². The molecule has 0 saturated carbocycles. The molecule has 2 N–H and O–H groups in total. The summed E-state index contributed by atoms with van der Waals surface area (Å²) in [5.74, 6) is -0.352. The highest BCUT2D eigenvalue weighted by molar-refractivity contribution is 6.00. The van der Waals surface area contributed by atoms with Crippen LogP contribution in [0.5, 0.6) is 0 Å². The van der Waals surface area contributed by atoms with Crippen LogP contribution in [-0.2, 0) is 13.6 Å². The fourth-order valence-electron chi connectivity index (χ4n) is 2.21. The summed E-state index contributed by atoms with van der Waals surface area (Å²) in [6.45, 7) is 0.283. The molecular weight excluding hydrogens is 260 g/mol. The third kappa shape index (κ3) is 1.80. The molecule has 102 valence electrons. The van der Waals surface area contributed by atoms with Gasteiger partial charge >= 0.3 is 11.7 Å². The van der Waals surface area contributed by atoms with Crippen LogP contribution in [0, 0.1) is 0 Å². The molecule has 0 radical (unpaired) electrons. The fourth-order valence-corrected chi connectivity index (χ4v) is 2.21. The summed E-state index contributed by atoms with van der Waals surface area (Å²) in [5, 5.41) is 9.14. The van der Waals surface area contributed by atoms with E-state index in [1.165, 1.54) is 10.6 Å². The van der Waals surface area contributed by atoms with Crippen molar-refractivity contribution < 1.29 is 9.90 Å². The van der Waals surface area contributed by atoms with Crippen LogP contribution in [0.3, 0.4) is 0 Å². The topological polar surface area (TPSA) is 92.9 Å². The zero-order valence-electron chi connectivity index (χ0n) is 10.7. The van der Waals surface area contributed by atoms with E-state index in [2.05, 4.69) is 9.97 Å². The Morgan fingerprint density at radius 3 is 2.90 bits per heavy atom. The Balaban J connectivity index is 2.19. The van der Waals surface area contributed by atoms with Gasteiger partial charge in [-0.3, -0.25) is 4.57 Å². The zero-order chi connectivity index (χ0) is 14.3. The second-order valence-electron chi connectivity index (χ2n) is 4.48. The smallest absolute Gasteiger partial charge is 0.337 e. The Labute approximate surface area is 113 Å². The van der Waals surface area contributed by atoms with Crippen molar-refractivity contribution in [1.29, 1.82) is 0 Å². The summed E-state index contributed by atoms with van der Waals surface area (Å²) in [5.41, 5.74) is 0.618. The number of para-hydroxylation sites is 1. The van der Waals surface area contributed by atoms with Crippen LogP contribution in [0.25, 0.3) is 11.0 Å². The summed E-state index contributed by atoms with van der Waals surface area (Å²) in [4.78, 5) is 30.0. The minimum absolute atomic E-state index is 0.0817. The van der Waals surface area contributed by atoms with Crippen molar-refractivity contribution in [1.82, 2.24) is 19.1 Å². The lowest BCUT2D eigenvalue weighted by Gasteiger charge is -2.04. The molecule has 3 aromatic rings. The highest BCUT2D eigenvalue weighted by Crippen LogP contribution is 2.16. The van der Waals surface area contributed by atoms with Gasteiger partial charge in [0, 0.05) is 19.4 Å². The molecule has 0 aliphatic heterocycles. The standard InChI is InChI=1S/C13H12N4O3/c1-16-6-5-14-10(16)7-17-9-4-2-3-8(12(18)19)11(9)15-13(17)20/h2-6H,7H2,1H3,(H,15,20)(H,18,19). The average molecular weight is 272 g/mol. The molecule has 1 aromatic carbocycles. The molecule has 7 heteroatoms. The number of carboxylic acids is 1. The number of aromatic carboxylic acids is 1. The Hall–Kier alpha value is -2.83. The number of fused-ring (bicyclic) bond motifs is 1. The van der Waals surface area contributed by atoms with E-state index in [4.69, 9.17) is 5.11 Å². The van der Waals surface area contributed by atoms with Crippen molar-refractivity contribution >= 4 is 17.0 Å². The summed E-state index contributed by atoms with van der Waals surface area (Å²) in [6.07, 6.45) is 3.44. The average Bonchev–Trinajstić information content (AvgIpc) is 2.94. The quantitative estimate of drug-likeness (QED) is 0.738. The number of aromatic amines is 1. The molecule has 20 heavy (non-hydrogen) atoms. The van der Waals surface area contributed by atoms with Gasteiger partial charge in [0.25, 0.3) is 0 Å². The molecule has 0 aliphatic carbocycles. The number of hydrogen-bond donors (Lipinski definition) is 2. The fraction of sp³-hybridized carbons (Fsp3) is 0.154. The number of H-pyrrole nitrogens is 1. The lowest BCUT2D eigenvalue weighted by molar-refractivity contribution is 0.0699. The number of benzene rings is 1. The maximum Gasteiger partial charge on any atom is 0.337 e. The Morgan fingerprint density at radius 2 is 2.25 bits per heavy atom. The first kappa shape index (κ1) is 12.2. The number of carbonyl (C=O) groups is 1. The highest BCUT2D eigenvalue weighted by Gasteiger charge is 2.15. The van der Waals surface area contributed by atoms with Crippen molar-refractivity contribution in [2.45, 2.75) is 6.54 Å². The van der Waals surface area contributed by atoms with E-state index in [1.807, 2.05) is 11.6 Å². The van der Waals surface area contributed by atoms with E-state index < -0.39 is 5.97 Å². The number of aromatic nitrogens is 4. The van der Waals surface area contributed by atoms with Crippen molar-refractivity contribution in [3.8, 4) is 0 Å². The first-order valence-corrected chi connectivity index (χ1v) is 5.99. The molecule has 0 spiro atoms. The van der Waals surface area contributed by atoms with Gasteiger partial charge in [-0.25, -0.2) is 14.6 Å². The predicted molar refractivity (Wildman–Crippen MR) is 71.8 cm³/mol. The molecule has 7 nitrogen and oxygen atoms in total. The van der Waals surface area contributed by atoms with Crippen molar-refractivity contribution in [2.24, 2.45) is 7.05 Å². The van der Waals surface area contributed by atoms with Gasteiger partial charge < -0.3 is 14.7 Å². The molecule has 3 rings (SSSR count). The Morgan fingerprint density at radius 1 is 1.45 bits per heavy atom. The SMILES string of the molecule is Cn1ccnc1Cn1c(=O)[nH]c2c(C(=O)O)cccc21. The molecule has 0 saturated heterocycles. The van der Waals surface area contributed by atoms with E-state index in [9.17, 15) is 9.59 Å². The third-order valence-corrected chi connectivity index (χ3v) is 3.26. The van der Waals surface area contributed by atoms with Gasteiger partial charge in [-0.15, -0.1) is 0 Å². The van der Waals surface area contributed by atoms with Gasteiger partial charge in [-0.05, 0) is 12.1 Å². The maximum absolute atomic E-state index is 12.0. The third-order valence-electron chi connectivity index (χ3n) is 3.26. The molecule has 0 unspecified atom stereocenters. The van der Waals surface area contributed by atoms with Crippen LogP contribution in [0.2, 0.25) is 0 Å². The predicted octanol–water partition coefficient (Wildman–Crippen LogP) is 0.810. The number of hydrogen-bond acceptors (Lipinski definition) is 3. The summed E-state index contributed by atoms with van der Waals surface area (Å²) >= 11 is 0. The molecular formula is C13H12N4O3. The van der Waals surface area contributed by atoms with E-state index in [-0.39, 0.29) is 17.8 Å². The van der Waals surface area contributed by atoms with Crippen LogP contribution < -0.4 is 5.69 Å². The number of imidazole rings is 2. The van der Waals surface area contributed by atoms with Gasteiger partial charge in [-0.2, -0.15) is 0 Å². The summed E-state index contributed by atoms with van der Waals surface area (Å²) in [7, 11) is 1.84. The first-order valence-electron chi connectivity index (χ1n) is 5.99. The van der Waals surface area contributed by atoms with Gasteiger partial charge in [0.15, 0.2) is 0 Å². The molecule has 2 heterocycles. The lowest BCUT2D eigenvalue weighted by atomic mass is 10.2. The highest BCUT2D eigenvalue weighted by atomic mass is 16.4. The second-order valence-corrected chi connectivity index (χ2v) is 4.48. The minimum atomic E-state index is -1.07. The Bertz CT molecular complexity index is 856. The van der Waals surface area contributed by atoms with Crippen LogP contribution in [0.15, 0.2) is 35.4 Å². The second kappa shape index (κ2) is 4.37. The van der Waals surface area contributed by atoms with E-state index in [0.717, 1.165) is 0 Å². The first-order chi connectivity index (χ1) is 9.58. The van der Waals surface area contributed by atoms with Gasteiger partial charge in [-0.1, -0.05) is 6.07 Å². The van der Waals surface area contributed by atoms with Crippen LogP contribution in [0.4, 0.5) is 0 Å². The van der Waals surface area contributed by atoms with Crippen LogP contribution in [-0.4, -0.2) is 30.2 Å². The summed E-state index contributed by atoms with van der Waals surface area (Å²) in [6, 6.07) is 4.79. The van der Waals surface area contributed by atoms with Crippen molar-refractivity contribution in [2.75, 3.05) is 0 Å². The Kier molecular flexibility index (Phi) is 2.67. The largest absolute Gasteiger partial charge is 0.478 e. The molecule has 2 aromatic heterocycles. The monoisotopic (exact) mass is 272 g/mol. The molecule has 0 aliphatic rings. The van der Waals surface area contributed by atoms with Crippen LogP contribution >= 0.6 is 0 Å². The number of nitrogens with one attached hydrogen (secondary N) is 1. The maximum atomic E-state index is 12.0. The molecule has 0 fully saturated rings. The molecule has 0 atom stereocenters. The van der Waals surface area contributed by atoms with E-state index in [1.54, 1.807) is 24.5 Å². The summed E-state index contributed by atoms with van der Waals surface area (Å²) < 4.78 is 3.29.